The summed E-state index contributed by atoms with van der Waals surface area (Å²) in [5, 5.41) is 10.7. The Balaban J connectivity index is 1.26. The van der Waals surface area contributed by atoms with E-state index >= 15 is 0 Å². The van der Waals surface area contributed by atoms with Gasteiger partial charge in [-0.05, 0) is 43.0 Å². The third-order valence-electron chi connectivity index (χ3n) is 6.62. The lowest BCUT2D eigenvalue weighted by Gasteiger charge is -2.32. The normalized spacial score (nSPS) is 24.0. The highest BCUT2D eigenvalue weighted by atomic mass is 16.2. The van der Waals surface area contributed by atoms with Gasteiger partial charge in [-0.3, -0.25) is 24.6 Å². The van der Waals surface area contributed by atoms with Gasteiger partial charge in [0, 0.05) is 38.2 Å². The van der Waals surface area contributed by atoms with Gasteiger partial charge in [0.15, 0.2) is 0 Å². The van der Waals surface area contributed by atoms with Crippen LogP contribution in [0.5, 0.6) is 0 Å². The van der Waals surface area contributed by atoms with Crippen LogP contribution in [0.15, 0.2) is 24.4 Å². The highest BCUT2D eigenvalue weighted by Crippen LogP contribution is 2.29. The lowest BCUT2D eigenvalue weighted by atomic mass is 10.0. The summed E-state index contributed by atoms with van der Waals surface area (Å²) in [6.07, 6.45) is 4.70. The molecule has 0 saturated carbocycles. The summed E-state index contributed by atoms with van der Waals surface area (Å²) in [6.45, 7) is 3.46. The molecule has 3 aliphatic heterocycles. The molecule has 0 aliphatic carbocycles. The number of benzene rings is 1. The van der Waals surface area contributed by atoms with Crippen LogP contribution in [-0.4, -0.2) is 61.6 Å². The van der Waals surface area contributed by atoms with Crippen molar-refractivity contribution < 1.29 is 14.4 Å². The molecule has 10 nitrogen and oxygen atoms in total. The average Bonchev–Trinajstić information content (AvgIpc) is 3.39. The monoisotopic (exact) mass is 437 g/mol. The highest BCUT2D eigenvalue weighted by Gasteiger charge is 2.39. The molecule has 10 heteroatoms. The first kappa shape index (κ1) is 20.8. The summed E-state index contributed by atoms with van der Waals surface area (Å²) >= 11 is 0. The first-order valence-corrected chi connectivity index (χ1v) is 11.1. The van der Waals surface area contributed by atoms with E-state index in [2.05, 4.69) is 26.6 Å². The molecule has 3 amide bonds. The maximum absolute atomic E-state index is 12.9. The molecule has 0 spiro atoms. The molecule has 4 heterocycles. The molecule has 168 valence electrons. The molecule has 3 N–H and O–H groups in total. The molecule has 0 radical (unpaired) electrons. The minimum absolute atomic E-state index is 0.138. The number of imide groups is 1. The van der Waals surface area contributed by atoms with E-state index in [-0.39, 0.29) is 30.2 Å². The number of amides is 3. The molecule has 1 aromatic carbocycles. The highest BCUT2D eigenvalue weighted by molar-refractivity contribution is 6.05. The van der Waals surface area contributed by atoms with E-state index in [1.165, 1.54) is 0 Å². The Labute approximate surface area is 185 Å². The molecule has 1 aromatic heterocycles. The van der Waals surface area contributed by atoms with Gasteiger partial charge < -0.3 is 10.6 Å². The van der Waals surface area contributed by atoms with E-state index in [1.54, 1.807) is 4.90 Å². The first-order chi connectivity index (χ1) is 15.5. The predicted octanol–water partition coefficient (Wildman–Crippen LogP) is 0.335. The zero-order valence-electron chi connectivity index (χ0n) is 17.9. The van der Waals surface area contributed by atoms with Crippen LogP contribution in [0, 0.1) is 0 Å². The van der Waals surface area contributed by atoms with E-state index in [0.717, 1.165) is 49.3 Å². The molecule has 0 bridgehead atoms. The molecule has 3 aliphatic rings. The van der Waals surface area contributed by atoms with Crippen molar-refractivity contribution in [1.82, 2.24) is 30.1 Å². The Kier molecular flexibility index (Phi) is 5.48. The molecule has 2 atom stereocenters. The van der Waals surface area contributed by atoms with Crippen molar-refractivity contribution in [2.45, 2.75) is 57.4 Å². The van der Waals surface area contributed by atoms with Crippen molar-refractivity contribution in [3.63, 3.8) is 0 Å². The van der Waals surface area contributed by atoms with Gasteiger partial charge in [0.25, 0.3) is 5.91 Å². The van der Waals surface area contributed by atoms with Crippen LogP contribution in [0.1, 0.15) is 58.9 Å². The Hall–Kier alpha value is -3.11. The van der Waals surface area contributed by atoms with Crippen molar-refractivity contribution in [2.24, 2.45) is 5.73 Å². The summed E-state index contributed by atoms with van der Waals surface area (Å²) in [5.41, 5.74) is 9.18. The fourth-order valence-corrected chi connectivity index (χ4v) is 4.96. The van der Waals surface area contributed by atoms with E-state index < -0.39 is 6.04 Å². The zero-order valence-corrected chi connectivity index (χ0v) is 17.9. The first-order valence-electron chi connectivity index (χ1n) is 11.1. The number of nitrogens with two attached hydrogens (primary N) is 1. The summed E-state index contributed by atoms with van der Waals surface area (Å²) in [7, 11) is 0. The Bertz CT molecular complexity index is 1070. The number of fused-ring (bicyclic) bond motifs is 1. The van der Waals surface area contributed by atoms with Crippen LogP contribution in [0.3, 0.4) is 0 Å². The third-order valence-corrected chi connectivity index (χ3v) is 6.62. The molecule has 32 heavy (non-hydrogen) atoms. The maximum Gasteiger partial charge on any atom is 0.255 e. The molecular weight excluding hydrogens is 410 g/mol. The molecule has 2 saturated heterocycles. The summed E-state index contributed by atoms with van der Waals surface area (Å²) in [6, 6.07) is 5.63. The largest absolute Gasteiger partial charge is 0.325 e. The molecular formula is C22H27N7O3. The van der Waals surface area contributed by atoms with Crippen molar-refractivity contribution in [1.29, 1.82) is 0 Å². The number of likely N-dealkylation sites (tertiary alicyclic amines) is 1. The number of carbonyl (C=O) groups is 3. The molecule has 2 aromatic rings. The Morgan fingerprint density at radius 1 is 1.19 bits per heavy atom. The molecule has 2 fully saturated rings. The number of rotatable bonds is 5. The van der Waals surface area contributed by atoms with E-state index in [4.69, 9.17) is 5.73 Å². The number of hydrogen-bond acceptors (Lipinski definition) is 7. The SMILES string of the molecule is NCc1cn(C2CCCN(Cc3ccc4c(c3)CN(C3CCC(=O)NC3=O)C4=O)C2)nn1. The van der Waals surface area contributed by atoms with Gasteiger partial charge in [0.05, 0.1) is 17.9 Å². The number of piperidine rings is 2. The quantitative estimate of drug-likeness (QED) is 0.646. The van der Waals surface area contributed by atoms with Crippen LogP contribution in [0.4, 0.5) is 0 Å². The van der Waals surface area contributed by atoms with Crippen LogP contribution >= 0.6 is 0 Å². The van der Waals surface area contributed by atoms with E-state index in [1.807, 2.05) is 23.0 Å². The number of aromatic nitrogens is 3. The van der Waals surface area contributed by atoms with Gasteiger partial charge in [0.2, 0.25) is 11.8 Å². The Morgan fingerprint density at radius 2 is 2.06 bits per heavy atom. The Morgan fingerprint density at radius 3 is 2.84 bits per heavy atom. The van der Waals surface area contributed by atoms with Gasteiger partial charge in [-0.1, -0.05) is 17.3 Å². The second kappa shape index (κ2) is 8.44. The number of carbonyl (C=O) groups excluding carboxylic acids is 3. The van der Waals surface area contributed by atoms with Crippen molar-refractivity contribution in [2.75, 3.05) is 13.1 Å². The van der Waals surface area contributed by atoms with Crippen molar-refractivity contribution in [3.05, 3.63) is 46.8 Å². The lowest BCUT2D eigenvalue weighted by molar-refractivity contribution is -0.136. The van der Waals surface area contributed by atoms with Gasteiger partial charge in [0.1, 0.15) is 6.04 Å². The minimum atomic E-state index is -0.583. The van der Waals surface area contributed by atoms with Gasteiger partial charge in [-0.15, -0.1) is 5.10 Å². The fourth-order valence-electron chi connectivity index (χ4n) is 4.96. The number of hydrogen-bond donors (Lipinski definition) is 2. The third kappa shape index (κ3) is 3.91. The maximum atomic E-state index is 12.9. The number of nitrogens with one attached hydrogen (secondary N) is 1. The van der Waals surface area contributed by atoms with Crippen LogP contribution in [0.25, 0.3) is 0 Å². The number of nitrogens with zero attached hydrogens (tertiary/aromatic N) is 5. The van der Waals surface area contributed by atoms with Crippen LogP contribution < -0.4 is 11.1 Å². The van der Waals surface area contributed by atoms with Crippen LogP contribution in [-0.2, 0) is 29.2 Å². The summed E-state index contributed by atoms with van der Waals surface area (Å²) < 4.78 is 1.92. The predicted molar refractivity (Wildman–Crippen MR) is 114 cm³/mol. The van der Waals surface area contributed by atoms with Gasteiger partial charge in [-0.2, -0.15) is 0 Å². The van der Waals surface area contributed by atoms with E-state index in [0.29, 0.717) is 25.1 Å². The second-order valence-electron chi connectivity index (χ2n) is 8.82. The van der Waals surface area contributed by atoms with Gasteiger partial charge >= 0.3 is 0 Å². The summed E-state index contributed by atoms with van der Waals surface area (Å²) in [5.74, 6) is -0.795. The standard InChI is InChI=1S/C22H27N7O3/c23-9-16-12-29(26-25-16)17-2-1-7-27(13-17)10-14-3-4-18-15(8-14)11-28(22(18)32)19-5-6-20(30)24-21(19)31/h3-4,8,12,17,19H,1-2,5-7,9-11,13,23H2,(H,24,30,31). The fraction of sp³-hybridized carbons (Fsp3) is 0.500. The smallest absolute Gasteiger partial charge is 0.255 e. The van der Waals surface area contributed by atoms with Crippen LogP contribution in [0.2, 0.25) is 0 Å². The summed E-state index contributed by atoms with van der Waals surface area (Å²) in [4.78, 5) is 40.5. The molecule has 5 rings (SSSR count). The van der Waals surface area contributed by atoms with Crippen molar-refractivity contribution >= 4 is 17.7 Å². The zero-order chi connectivity index (χ0) is 22.2. The minimum Gasteiger partial charge on any atom is -0.325 e. The average molecular weight is 438 g/mol. The lowest BCUT2D eigenvalue weighted by Crippen LogP contribution is -2.52. The van der Waals surface area contributed by atoms with Gasteiger partial charge in [-0.25, -0.2) is 4.68 Å². The second-order valence-corrected chi connectivity index (χ2v) is 8.82. The molecule has 2 unspecified atom stereocenters. The van der Waals surface area contributed by atoms with Crippen molar-refractivity contribution in [3.8, 4) is 0 Å². The topological polar surface area (TPSA) is 126 Å². The van der Waals surface area contributed by atoms with E-state index in [9.17, 15) is 14.4 Å².